The van der Waals surface area contributed by atoms with Crippen LogP contribution in [0.4, 0.5) is 5.95 Å². The summed E-state index contributed by atoms with van der Waals surface area (Å²) in [7, 11) is 1.82. The van der Waals surface area contributed by atoms with E-state index >= 15 is 0 Å². The summed E-state index contributed by atoms with van der Waals surface area (Å²) >= 11 is 0. The highest BCUT2D eigenvalue weighted by Gasteiger charge is 2.20. The van der Waals surface area contributed by atoms with Crippen LogP contribution in [0, 0.1) is 6.92 Å². The van der Waals surface area contributed by atoms with Gasteiger partial charge in [-0.25, -0.2) is 9.97 Å². The van der Waals surface area contributed by atoms with Crippen molar-refractivity contribution >= 4 is 35.9 Å². The van der Waals surface area contributed by atoms with E-state index < -0.39 is 0 Å². The Labute approximate surface area is 177 Å². The number of aryl methyl sites for hydroxylation is 1. The number of halogens is 1. The van der Waals surface area contributed by atoms with E-state index in [0.717, 1.165) is 43.8 Å². The van der Waals surface area contributed by atoms with Crippen molar-refractivity contribution in [2.75, 3.05) is 51.3 Å². The third-order valence-electron chi connectivity index (χ3n) is 4.27. The normalized spacial score (nSPS) is 14.5. The minimum atomic E-state index is 0. The number of benzene rings is 1. The second-order valence-electron chi connectivity index (χ2n) is 6.16. The molecule has 1 N–H and O–H groups in total. The maximum atomic E-state index is 5.78. The minimum Gasteiger partial charge on any atom is -0.492 e. The van der Waals surface area contributed by atoms with E-state index in [1.807, 2.05) is 31.3 Å². The molecule has 2 heterocycles. The SMILES string of the molecule is CN=C(NCCOc1cccc(C)c1)N1CCN(c2ncccn2)CC1.I. The fourth-order valence-corrected chi connectivity index (χ4v) is 2.94. The topological polar surface area (TPSA) is 65.9 Å². The molecule has 7 nitrogen and oxygen atoms in total. The van der Waals surface area contributed by atoms with Crippen LogP contribution < -0.4 is 15.0 Å². The van der Waals surface area contributed by atoms with Crippen LogP contribution in [0.15, 0.2) is 47.7 Å². The third-order valence-corrected chi connectivity index (χ3v) is 4.27. The Balaban J connectivity index is 0.00000261. The van der Waals surface area contributed by atoms with Crippen LogP contribution in [0.2, 0.25) is 0 Å². The van der Waals surface area contributed by atoms with Gasteiger partial charge in [-0.3, -0.25) is 4.99 Å². The van der Waals surface area contributed by atoms with Crippen molar-refractivity contribution in [2.45, 2.75) is 6.92 Å². The molecule has 1 aromatic heterocycles. The summed E-state index contributed by atoms with van der Waals surface area (Å²) in [5.74, 6) is 2.60. The number of aromatic nitrogens is 2. The lowest BCUT2D eigenvalue weighted by Crippen LogP contribution is -2.53. The van der Waals surface area contributed by atoms with Crippen LogP contribution in [0.25, 0.3) is 0 Å². The number of ether oxygens (including phenoxy) is 1. The van der Waals surface area contributed by atoms with E-state index in [2.05, 4.69) is 43.1 Å². The molecule has 27 heavy (non-hydrogen) atoms. The molecular formula is C19H27IN6O. The molecule has 0 spiro atoms. The molecule has 0 amide bonds. The van der Waals surface area contributed by atoms with Gasteiger partial charge in [0.25, 0.3) is 0 Å². The quantitative estimate of drug-likeness (QED) is 0.305. The first-order valence-electron chi connectivity index (χ1n) is 8.93. The van der Waals surface area contributed by atoms with Crippen molar-refractivity contribution in [1.29, 1.82) is 0 Å². The maximum absolute atomic E-state index is 5.78. The Morgan fingerprint density at radius 2 is 1.89 bits per heavy atom. The van der Waals surface area contributed by atoms with Crippen molar-refractivity contribution in [1.82, 2.24) is 20.2 Å². The van der Waals surface area contributed by atoms with Crippen LogP contribution in [0.1, 0.15) is 5.56 Å². The zero-order chi connectivity index (χ0) is 18.2. The number of aliphatic imine (C=N–C) groups is 1. The molecule has 1 aliphatic rings. The smallest absolute Gasteiger partial charge is 0.225 e. The summed E-state index contributed by atoms with van der Waals surface area (Å²) in [6.07, 6.45) is 3.56. The Morgan fingerprint density at radius 1 is 1.15 bits per heavy atom. The van der Waals surface area contributed by atoms with Crippen LogP contribution in [-0.4, -0.2) is 67.2 Å². The molecule has 146 valence electrons. The van der Waals surface area contributed by atoms with Crippen molar-refractivity contribution in [3.8, 4) is 5.75 Å². The molecule has 0 unspecified atom stereocenters. The standard InChI is InChI=1S/C19H26N6O.HI/c1-16-5-3-6-17(15-16)26-14-9-23-18(20-2)24-10-12-25(13-11-24)19-21-7-4-8-22-19;/h3-8,15H,9-14H2,1-2H3,(H,20,23);1H. The summed E-state index contributed by atoms with van der Waals surface area (Å²) in [5.41, 5.74) is 1.20. The number of nitrogens with zero attached hydrogens (tertiary/aromatic N) is 5. The zero-order valence-corrected chi connectivity index (χ0v) is 18.2. The van der Waals surface area contributed by atoms with E-state index in [0.29, 0.717) is 13.2 Å². The monoisotopic (exact) mass is 482 g/mol. The number of guanidine groups is 1. The molecule has 1 aromatic carbocycles. The first-order valence-corrected chi connectivity index (χ1v) is 8.93. The van der Waals surface area contributed by atoms with Gasteiger partial charge >= 0.3 is 0 Å². The van der Waals surface area contributed by atoms with Gasteiger partial charge < -0.3 is 19.9 Å². The van der Waals surface area contributed by atoms with Crippen LogP contribution in [0.3, 0.4) is 0 Å². The lowest BCUT2D eigenvalue weighted by atomic mass is 10.2. The Morgan fingerprint density at radius 3 is 2.56 bits per heavy atom. The average Bonchev–Trinajstić information content (AvgIpc) is 2.69. The molecule has 0 radical (unpaired) electrons. The lowest BCUT2D eigenvalue weighted by molar-refractivity contribution is 0.314. The Bertz CT molecular complexity index is 719. The van der Waals surface area contributed by atoms with Crippen LogP contribution in [0.5, 0.6) is 5.75 Å². The third kappa shape index (κ3) is 6.23. The van der Waals surface area contributed by atoms with Gasteiger partial charge in [0.2, 0.25) is 5.95 Å². The average molecular weight is 482 g/mol. The van der Waals surface area contributed by atoms with Gasteiger partial charge in [-0.15, -0.1) is 24.0 Å². The first-order chi connectivity index (χ1) is 12.8. The predicted octanol–water partition coefficient (Wildman–Crippen LogP) is 2.18. The van der Waals surface area contributed by atoms with Crippen molar-refractivity contribution in [3.63, 3.8) is 0 Å². The fourth-order valence-electron chi connectivity index (χ4n) is 2.94. The number of anilines is 1. The summed E-state index contributed by atoms with van der Waals surface area (Å²) in [6.45, 7) is 6.90. The molecule has 8 heteroatoms. The van der Waals surface area contributed by atoms with Gasteiger partial charge in [-0.1, -0.05) is 12.1 Å². The molecular weight excluding hydrogens is 455 g/mol. The van der Waals surface area contributed by atoms with Gasteiger partial charge in [0.05, 0.1) is 6.54 Å². The van der Waals surface area contributed by atoms with E-state index in [9.17, 15) is 0 Å². The summed E-state index contributed by atoms with van der Waals surface area (Å²) in [4.78, 5) is 17.5. The van der Waals surface area contributed by atoms with Gasteiger partial charge in [0, 0.05) is 45.6 Å². The molecule has 1 fully saturated rings. The largest absolute Gasteiger partial charge is 0.492 e. The molecule has 1 aliphatic heterocycles. The molecule has 0 bridgehead atoms. The molecule has 0 atom stereocenters. The van der Waals surface area contributed by atoms with Crippen molar-refractivity contribution < 1.29 is 4.74 Å². The number of hydrogen-bond acceptors (Lipinski definition) is 5. The van der Waals surface area contributed by atoms with Gasteiger partial charge in [0.1, 0.15) is 12.4 Å². The highest BCUT2D eigenvalue weighted by Crippen LogP contribution is 2.12. The minimum absolute atomic E-state index is 0. The number of piperazine rings is 1. The second-order valence-corrected chi connectivity index (χ2v) is 6.16. The molecule has 0 aliphatic carbocycles. The molecule has 1 saturated heterocycles. The first kappa shape index (κ1) is 21.2. The van der Waals surface area contributed by atoms with Crippen LogP contribution >= 0.6 is 24.0 Å². The van der Waals surface area contributed by atoms with Crippen LogP contribution in [-0.2, 0) is 0 Å². The van der Waals surface area contributed by atoms with E-state index in [4.69, 9.17) is 4.74 Å². The highest BCUT2D eigenvalue weighted by atomic mass is 127. The Kier molecular flexibility index (Phi) is 8.56. The predicted molar refractivity (Wildman–Crippen MR) is 119 cm³/mol. The summed E-state index contributed by atoms with van der Waals surface area (Å²) < 4.78 is 5.78. The molecule has 3 rings (SSSR count). The fraction of sp³-hybridized carbons (Fsp3) is 0.421. The van der Waals surface area contributed by atoms with Gasteiger partial charge in [-0.05, 0) is 30.7 Å². The highest BCUT2D eigenvalue weighted by molar-refractivity contribution is 14.0. The Hall–Kier alpha value is -2.10. The second kappa shape index (κ2) is 10.9. The number of nitrogens with one attached hydrogen (secondary N) is 1. The van der Waals surface area contributed by atoms with Crippen molar-refractivity contribution in [2.24, 2.45) is 4.99 Å². The van der Waals surface area contributed by atoms with Gasteiger partial charge in [-0.2, -0.15) is 0 Å². The number of rotatable bonds is 5. The molecule has 0 saturated carbocycles. The van der Waals surface area contributed by atoms with E-state index in [1.165, 1.54) is 5.56 Å². The van der Waals surface area contributed by atoms with Gasteiger partial charge in [0.15, 0.2) is 5.96 Å². The maximum Gasteiger partial charge on any atom is 0.225 e. The van der Waals surface area contributed by atoms with E-state index in [1.54, 1.807) is 12.4 Å². The van der Waals surface area contributed by atoms with Crippen molar-refractivity contribution in [3.05, 3.63) is 48.3 Å². The van der Waals surface area contributed by atoms with E-state index in [-0.39, 0.29) is 24.0 Å². The summed E-state index contributed by atoms with van der Waals surface area (Å²) in [5, 5.41) is 3.38. The lowest BCUT2D eigenvalue weighted by Gasteiger charge is -2.36. The summed E-state index contributed by atoms with van der Waals surface area (Å²) in [6, 6.07) is 9.93. The zero-order valence-electron chi connectivity index (χ0n) is 15.8. The molecule has 2 aromatic rings. The number of hydrogen-bond donors (Lipinski definition) is 1.